The van der Waals surface area contributed by atoms with Gasteiger partial charge in [-0.1, -0.05) is 12.1 Å². The Morgan fingerprint density at radius 3 is 2.42 bits per heavy atom. The van der Waals surface area contributed by atoms with Gasteiger partial charge in [-0.25, -0.2) is 10.4 Å². The zero-order chi connectivity index (χ0) is 8.55. The summed E-state index contributed by atoms with van der Waals surface area (Å²) in [6, 6.07) is 9.71. The van der Waals surface area contributed by atoms with Crippen molar-refractivity contribution in [3.63, 3.8) is 0 Å². The molecule has 3 nitrogen and oxygen atoms in total. The molecule has 0 aromatic heterocycles. The van der Waals surface area contributed by atoms with E-state index in [4.69, 9.17) is 5.26 Å². The normalized spacial score (nSPS) is 26.3. The highest BCUT2D eigenvalue weighted by molar-refractivity contribution is 5.33. The van der Waals surface area contributed by atoms with Crippen LogP contribution < -0.4 is 5.43 Å². The average Bonchev–Trinajstić information content (AvgIpc) is 2.83. The Balaban J connectivity index is 2.21. The number of hydrogen-bond donors (Lipinski definition) is 1. The SMILES string of the molecule is CN1NC1c1ccc(C#N)cc1. The van der Waals surface area contributed by atoms with Gasteiger partial charge in [0.15, 0.2) is 0 Å². The molecule has 1 N–H and O–H groups in total. The lowest BCUT2D eigenvalue weighted by Crippen LogP contribution is -1.87. The summed E-state index contributed by atoms with van der Waals surface area (Å²) in [6.07, 6.45) is 0.345. The first-order valence-electron chi connectivity index (χ1n) is 3.80. The van der Waals surface area contributed by atoms with Gasteiger partial charge in [-0.15, -0.1) is 0 Å². The van der Waals surface area contributed by atoms with E-state index in [1.165, 1.54) is 5.56 Å². The molecule has 0 aliphatic carbocycles. The van der Waals surface area contributed by atoms with Gasteiger partial charge in [0.05, 0.1) is 11.6 Å². The van der Waals surface area contributed by atoms with Gasteiger partial charge in [-0.05, 0) is 17.7 Å². The highest BCUT2D eigenvalue weighted by atomic mass is 15.7. The zero-order valence-corrected chi connectivity index (χ0v) is 6.78. The molecule has 12 heavy (non-hydrogen) atoms. The Labute approximate surface area is 71.2 Å². The summed E-state index contributed by atoms with van der Waals surface area (Å²) in [6.45, 7) is 0. The molecule has 60 valence electrons. The molecule has 1 fully saturated rings. The summed E-state index contributed by atoms with van der Waals surface area (Å²) < 4.78 is 0. The number of nitriles is 1. The smallest absolute Gasteiger partial charge is 0.112 e. The third-order valence-corrected chi connectivity index (χ3v) is 2.00. The van der Waals surface area contributed by atoms with E-state index in [1.54, 1.807) is 0 Å². The molecule has 2 atom stereocenters. The third-order valence-electron chi connectivity index (χ3n) is 2.00. The molecule has 1 saturated heterocycles. The Kier molecular flexibility index (Phi) is 1.58. The summed E-state index contributed by atoms with van der Waals surface area (Å²) in [7, 11) is 1.99. The monoisotopic (exact) mass is 159 g/mol. The number of rotatable bonds is 1. The van der Waals surface area contributed by atoms with Crippen LogP contribution in [0.25, 0.3) is 0 Å². The first-order valence-corrected chi connectivity index (χ1v) is 3.80. The summed E-state index contributed by atoms with van der Waals surface area (Å²) in [5.74, 6) is 0. The second-order valence-corrected chi connectivity index (χ2v) is 2.88. The van der Waals surface area contributed by atoms with Gasteiger partial charge in [0.1, 0.15) is 6.17 Å². The molecular weight excluding hydrogens is 150 g/mol. The van der Waals surface area contributed by atoms with E-state index in [2.05, 4.69) is 11.5 Å². The molecule has 2 unspecified atom stereocenters. The average molecular weight is 159 g/mol. The zero-order valence-electron chi connectivity index (χ0n) is 6.78. The van der Waals surface area contributed by atoms with Crippen molar-refractivity contribution in [2.45, 2.75) is 6.17 Å². The van der Waals surface area contributed by atoms with Crippen LogP contribution in [0, 0.1) is 11.3 Å². The minimum absolute atomic E-state index is 0.345. The topological polar surface area (TPSA) is 48.7 Å². The molecule has 0 bridgehead atoms. The maximum absolute atomic E-state index is 8.56. The van der Waals surface area contributed by atoms with Crippen molar-refractivity contribution in [1.82, 2.24) is 10.4 Å². The number of hydrogen-bond acceptors (Lipinski definition) is 3. The van der Waals surface area contributed by atoms with Gasteiger partial charge in [-0.3, -0.25) is 0 Å². The van der Waals surface area contributed by atoms with Crippen LogP contribution in [0.2, 0.25) is 0 Å². The maximum Gasteiger partial charge on any atom is 0.112 e. The van der Waals surface area contributed by atoms with Gasteiger partial charge >= 0.3 is 0 Å². The van der Waals surface area contributed by atoms with Crippen molar-refractivity contribution in [2.75, 3.05) is 7.05 Å². The molecular formula is C9H9N3. The van der Waals surface area contributed by atoms with Crippen LogP contribution in [0.3, 0.4) is 0 Å². The minimum atomic E-state index is 0.345. The Morgan fingerprint density at radius 2 is 2.00 bits per heavy atom. The quantitative estimate of drug-likeness (QED) is 0.622. The van der Waals surface area contributed by atoms with Crippen LogP contribution in [0.5, 0.6) is 0 Å². The molecule has 0 spiro atoms. The summed E-state index contributed by atoms with van der Waals surface area (Å²) >= 11 is 0. The lowest BCUT2D eigenvalue weighted by Gasteiger charge is -1.94. The molecule has 1 aromatic rings. The first-order chi connectivity index (χ1) is 5.81. The number of nitrogens with one attached hydrogen (secondary N) is 1. The predicted molar refractivity (Wildman–Crippen MR) is 44.8 cm³/mol. The summed E-state index contributed by atoms with van der Waals surface area (Å²) in [4.78, 5) is 0. The van der Waals surface area contributed by atoms with Crippen LogP contribution in [-0.4, -0.2) is 12.1 Å². The van der Waals surface area contributed by atoms with Crippen LogP contribution in [0.1, 0.15) is 17.3 Å². The standard InChI is InChI=1S/C9H9N3/c1-12-9(11-12)8-4-2-7(6-10)3-5-8/h2-5,9,11H,1H3. The molecule has 0 saturated carbocycles. The lowest BCUT2D eigenvalue weighted by molar-refractivity contribution is 0.597. The van der Waals surface area contributed by atoms with Crippen molar-refractivity contribution in [1.29, 1.82) is 5.26 Å². The van der Waals surface area contributed by atoms with E-state index in [9.17, 15) is 0 Å². The van der Waals surface area contributed by atoms with Gasteiger partial charge in [0.2, 0.25) is 0 Å². The van der Waals surface area contributed by atoms with Crippen molar-refractivity contribution in [3.05, 3.63) is 35.4 Å². The summed E-state index contributed by atoms with van der Waals surface area (Å²) in [5.41, 5.74) is 5.05. The van der Waals surface area contributed by atoms with Gasteiger partial charge in [-0.2, -0.15) is 5.26 Å². The van der Waals surface area contributed by atoms with E-state index in [0.717, 1.165) is 0 Å². The molecule has 3 heteroatoms. The predicted octanol–water partition coefficient (Wildman–Crippen LogP) is 1.01. The molecule has 1 heterocycles. The fraction of sp³-hybridized carbons (Fsp3) is 0.222. The van der Waals surface area contributed by atoms with Gasteiger partial charge < -0.3 is 0 Å². The van der Waals surface area contributed by atoms with Crippen molar-refractivity contribution in [2.24, 2.45) is 0 Å². The number of nitrogens with zero attached hydrogens (tertiary/aromatic N) is 2. The maximum atomic E-state index is 8.56. The highest BCUT2D eigenvalue weighted by Crippen LogP contribution is 2.25. The van der Waals surface area contributed by atoms with Crippen LogP contribution >= 0.6 is 0 Å². The van der Waals surface area contributed by atoms with Gasteiger partial charge in [0.25, 0.3) is 0 Å². The van der Waals surface area contributed by atoms with Crippen LogP contribution in [0.15, 0.2) is 24.3 Å². The third kappa shape index (κ3) is 1.18. The fourth-order valence-electron chi connectivity index (χ4n) is 1.20. The fourth-order valence-corrected chi connectivity index (χ4v) is 1.20. The Morgan fingerprint density at radius 1 is 1.42 bits per heavy atom. The molecule has 0 radical (unpaired) electrons. The van der Waals surface area contributed by atoms with E-state index in [0.29, 0.717) is 11.7 Å². The molecule has 1 aliphatic heterocycles. The summed E-state index contributed by atoms with van der Waals surface area (Å²) in [5, 5.41) is 10.6. The molecule has 2 rings (SSSR count). The number of benzene rings is 1. The van der Waals surface area contributed by atoms with Gasteiger partial charge in [0, 0.05) is 7.05 Å². The molecule has 0 amide bonds. The Hall–Kier alpha value is -1.37. The first kappa shape index (κ1) is 7.29. The van der Waals surface area contributed by atoms with Crippen molar-refractivity contribution >= 4 is 0 Å². The van der Waals surface area contributed by atoms with Crippen LogP contribution in [-0.2, 0) is 0 Å². The second kappa shape index (κ2) is 2.59. The number of hydrazine groups is 1. The lowest BCUT2D eigenvalue weighted by atomic mass is 10.1. The van der Waals surface area contributed by atoms with E-state index < -0.39 is 0 Å². The van der Waals surface area contributed by atoms with E-state index in [-0.39, 0.29) is 0 Å². The molecule has 1 aromatic carbocycles. The van der Waals surface area contributed by atoms with Crippen molar-refractivity contribution < 1.29 is 0 Å². The largest absolute Gasteiger partial charge is 0.231 e. The second-order valence-electron chi connectivity index (χ2n) is 2.88. The Bertz CT molecular complexity index is 323. The highest BCUT2D eigenvalue weighted by Gasteiger charge is 2.29. The minimum Gasteiger partial charge on any atom is -0.231 e. The van der Waals surface area contributed by atoms with E-state index >= 15 is 0 Å². The van der Waals surface area contributed by atoms with E-state index in [1.807, 2.05) is 36.3 Å². The van der Waals surface area contributed by atoms with Crippen molar-refractivity contribution in [3.8, 4) is 6.07 Å². The molecule has 1 aliphatic rings. The van der Waals surface area contributed by atoms with Crippen LogP contribution in [0.4, 0.5) is 0 Å².